The van der Waals surface area contributed by atoms with Crippen LogP contribution in [0.2, 0.25) is 0 Å². The first kappa shape index (κ1) is 15.4. The van der Waals surface area contributed by atoms with E-state index in [-0.39, 0.29) is 32.0 Å². The third-order valence-electron chi connectivity index (χ3n) is 4.49. The Morgan fingerprint density at radius 3 is 2.45 bits per heavy atom. The molecule has 2 aliphatic heterocycles. The minimum Gasteiger partial charge on any atom is -0.342 e. The SMILES string of the molecule is CCN1CC(S(=O)(=O)N2CC(F)(c3ccccc3)C2)CC1=O. The summed E-state index contributed by atoms with van der Waals surface area (Å²) in [5, 5.41) is -0.750. The normalized spacial score (nSPS) is 25.3. The highest BCUT2D eigenvalue weighted by atomic mass is 32.2. The first-order chi connectivity index (χ1) is 10.4. The van der Waals surface area contributed by atoms with Crippen molar-refractivity contribution in [1.29, 1.82) is 0 Å². The highest BCUT2D eigenvalue weighted by molar-refractivity contribution is 7.89. The Labute approximate surface area is 129 Å². The zero-order chi connectivity index (χ0) is 16.0. The van der Waals surface area contributed by atoms with E-state index in [0.717, 1.165) is 4.31 Å². The third-order valence-corrected chi connectivity index (χ3v) is 6.62. The molecule has 22 heavy (non-hydrogen) atoms. The molecule has 0 N–H and O–H groups in total. The van der Waals surface area contributed by atoms with Gasteiger partial charge in [-0.25, -0.2) is 12.8 Å². The number of amides is 1. The van der Waals surface area contributed by atoms with Gasteiger partial charge in [0.15, 0.2) is 5.67 Å². The standard InChI is InChI=1S/C15H19FN2O3S/c1-2-17-9-13(8-14(17)19)22(20,21)18-10-15(16,11-18)12-6-4-3-5-7-12/h3-7,13H,2,8-11H2,1H3. The summed E-state index contributed by atoms with van der Waals surface area (Å²) in [5.74, 6) is -0.147. The van der Waals surface area contributed by atoms with Crippen LogP contribution in [0.15, 0.2) is 30.3 Å². The Morgan fingerprint density at radius 1 is 1.27 bits per heavy atom. The molecule has 2 fully saturated rings. The van der Waals surface area contributed by atoms with Crippen molar-refractivity contribution in [2.24, 2.45) is 0 Å². The van der Waals surface area contributed by atoms with Gasteiger partial charge < -0.3 is 4.90 Å². The number of hydrogen-bond acceptors (Lipinski definition) is 3. The fraction of sp³-hybridized carbons (Fsp3) is 0.533. The fourth-order valence-electron chi connectivity index (χ4n) is 3.06. The van der Waals surface area contributed by atoms with Crippen LogP contribution in [0.3, 0.4) is 0 Å². The predicted octanol–water partition coefficient (Wildman–Crippen LogP) is 1.12. The molecule has 2 heterocycles. The average molecular weight is 326 g/mol. The largest absolute Gasteiger partial charge is 0.342 e. The molecule has 2 saturated heterocycles. The minimum atomic E-state index is -3.63. The molecule has 1 aromatic carbocycles. The summed E-state index contributed by atoms with van der Waals surface area (Å²) < 4.78 is 40.9. The van der Waals surface area contributed by atoms with Crippen LogP contribution < -0.4 is 0 Å². The Morgan fingerprint density at radius 2 is 1.91 bits per heavy atom. The van der Waals surface area contributed by atoms with Gasteiger partial charge in [0.2, 0.25) is 15.9 Å². The molecule has 1 unspecified atom stereocenters. The molecule has 0 aromatic heterocycles. The Hall–Kier alpha value is -1.47. The van der Waals surface area contributed by atoms with E-state index >= 15 is 0 Å². The first-order valence-electron chi connectivity index (χ1n) is 7.38. The number of halogens is 1. The van der Waals surface area contributed by atoms with Gasteiger partial charge in [-0.2, -0.15) is 4.31 Å². The quantitative estimate of drug-likeness (QED) is 0.833. The summed E-state index contributed by atoms with van der Waals surface area (Å²) in [4.78, 5) is 13.2. The monoisotopic (exact) mass is 326 g/mol. The molecule has 0 spiro atoms. The van der Waals surface area contributed by atoms with Gasteiger partial charge in [0.25, 0.3) is 0 Å². The zero-order valence-electron chi connectivity index (χ0n) is 12.4. The van der Waals surface area contributed by atoms with E-state index in [1.54, 1.807) is 30.3 Å². The molecule has 1 amide bonds. The van der Waals surface area contributed by atoms with E-state index in [4.69, 9.17) is 0 Å². The number of likely N-dealkylation sites (tertiary alicyclic amines) is 1. The van der Waals surface area contributed by atoms with Crippen LogP contribution in [0.25, 0.3) is 0 Å². The Balaban J connectivity index is 1.71. The summed E-state index contributed by atoms with van der Waals surface area (Å²) in [6, 6.07) is 8.61. The molecule has 0 radical (unpaired) electrons. The van der Waals surface area contributed by atoms with Gasteiger partial charge in [0.05, 0.1) is 13.1 Å². The molecular weight excluding hydrogens is 307 g/mol. The van der Waals surface area contributed by atoms with Crippen molar-refractivity contribution in [3.05, 3.63) is 35.9 Å². The lowest BCUT2D eigenvalue weighted by Crippen LogP contribution is -2.60. The predicted molar refractivity (Wildman–Crippen MR) is 80.4 cm³/mol. The van der Waals surface area contributed by atoms with Gasteiger partial charge in [-0.15, -0.1) is 0 Å². The van der Waals surface area contributed by atoms with E-state index in [2.05, 4.69) is 0 Å². The van der Waals surface area contributed by atoms with Crippen molar-refractivity contribution >= 4 is 15.9 Å². The number of nitrogens with zero attached hydrogens (tertiary/aromatic N) is 2. The molecule has 3 rings (SSSR count). The number of carbonyl (C=O) groups is 1. The van der Waals surface area contributed by atoms with E-state index in [0.29, 0.717) is 12.1 Å². The van der Waals surface area contributed by atoms with Crippen LogP contribution in [0.5, 0.6) is 0 Å². The molecule has 0 bridgehead atoms. The lowest BCUT2D eigenvalue weighted by atomic mass is 9.90. The number of rotatable bonds is 4. The Kier molecular flexibility index (Phi) is 3.72. The molecular formula is C15H19FN2O3S. The van der Waals surface area contributed by atoms with Crippen molar-refractivity contribution in [3.8, 4) is 0 Å². The number of hydrogen-bond donors (Lipinski definition) is 0. The lowest BCUT2D eigenvalue weighted by Gasteiger charge is -2.44. The van der Waals surface area contributed by atoms with Crippen LogP contribution in [0, 0.1) is 0 Å². The maximum atomic E-state index is 14.7. The van der Waals surface area contributed by atoms with Crippen molar-refractivity contribution < 1.29 is 17.6 Å². The number of benzene rings is 1. The topological polar surface area (TPSA) is 57.7 Å². The van der Waals surface area contributed by atoms with Crippen molar-refractivity contribution in [3.63, 3.8) is 0 Å². The number of alkyl halides is 1. The highest BCUT2D eigenvalue weighted by Gasteiger charge is 2.53. The van der Waals surface area contributed by atoms with Gasteiger partial charge in [0, 0.05) is 19.5 Å². The third kappa shape index (κ3) is 2.42. The molecule has 120 valence electrons. The maximum Gasteiger partial charge on any atom is 0.224 e. The summed E-state index contributed by atoms with van der Waals surface area (Å²) in [6.07, 6.45) is -0.00268. The number of carbonyl (C=O) groups excluding carboxylic acids is 1. The van der Waals surface area contributed by atoms with E-state index in [9.17, 15) is 17.6 Å². The molecule has 1 aromatic rings. The second kappa shape index (κ2) is 5.31. The molecule has 7 heteroatoms. The highest BCUT2D eigenvalue weighted by Crippen LogP contribution is 2.39. The molecule has 2 aliphatic rings. The van der Waals surface area contributed by atoms with Crippen LogP contribution in [0.1, 0.15) is 18.9 Å². The summed E-state index contributed by atoms with van der Waals surface area (Å²) in [5.41, 5.74) is -1.12. The van der Waals surface area contributed by atoms with Gasteiger partial charge in [-0.05, 0) is 12.5 Å². The second-order valence-corrected chi connectivity index (χ2v) is 8.12. The zero-order valence-corrected chi connectivity index (χ0v) is 13.2. The van der Waals surface area contributed by atoms with Gasteiger partial charge >= 0.3 is 0 Å². The van der Waals surface area contributed by atoms with Gasteiger partial charge in [0.1, 0.15) is 5.25 Å². The van der Waals surface area contributed by atoms with Crippen molar-refractivity contribution in [2.75, 3.05) is 26.2 Å². The number of sulfonamides is 1. The molecule has 0 aliphatic carbocycles. The second-order valence-electron chi connectivity index (χ2n) is 5.90. The lowest BCUT2D eigenvalue weighted by molar-refractivity contribution is -0.127. The summed E-state index contributed by atoms with van der Waals surface area (Å²) in [7, 11) is -3.63. The van der Waals surface area contributed by atoms with Crippen molar-refractivity contribution in [1.82, 2.24) is 9.21 Å². The van der Waals surface area contributed by atoms with Crippen molar-refractivity contribution in [2.45, 2.75) is 24.3 Å². The van der Waals surface area contributed by atoms with E-state index in [1.165, 1.54) is 4.90 Å². The molecule has 5 nitrogen and oxygen atoms in total. The first-order valence-corrected chi connectivity index (χ1v) is 8.88. The maximum absolute atomic E-state index is 14.7. The molecule has 0 saturated carbocycles. The Bertz CT molecular complexity index is 671. The molecule has 1 atom stereocenters. The fourth-order valence-corrected chi connectivity index (χ4v) is 4.98. The van der Waals surface area contributed by atoms with Gasteiger partial charge in [-0.3, -0.25) is 4.79 Å². The van der Waals surface area contributed by atoms with Gasteiger partial charge in [-0.1, -0.05) is 30.3 Å². The van der Waals surface area contributed by atoms with Crippen LogP contribution in [0.4, 0.5) is 4.39 Å². The minimum absolute atomic E-state index is 0.00268. The average Bonchev–Trinajstić information content (AvgIpc) is 2.86. The van der Waals surface area contributed by atoms with Crippen LogP contribution >= 0.6 is 0 Å². The summed E-state index contributed by atoms with van der Waals surface area (Å²) in [6.45, 7) is 2.19. The van der Waals surface area contributed by atoms with E-state index < -0.39 is 20.9 Å². The van der Waals surface area contributed by atoms with Crippen LogP contribution in [-0.4, -0.2) is 55.0 Å². The summed E-state index contributed by atoms with van der Waals surface area (Å²) >= 11 is 0. The van der Waals surface area contributed by atoms with Crippen LogP contribution in [-0.2, 0) is 20.5 Å². The van der Waals surface area contributed by atoms with E-state index in [1.807, 2.05) is 6.92 Å². The smallest absolute Gasteiger partial charge is 0.224 e.